The minimum absolute atomic E-state index is 0.163. The zero-order valence-electron chi connectivity index (χ0n) is 12.3. The summed E-state index contributed by atoms with van der Waals surface area (Å²) in [5, 5.41) is 3.64. The van der Waals surface area contributed by atoms with Crippen molar-refractivity contribution >= 4 is 5.69 Å². The molecule has 5 rings (SSSR count). The summed E-state index contributed by atoms with van der Waals surface area (Å²) >= 11 is 0. The molecule has 0 aliphatic heterocycles. The summed E-state index contributed by atoms with van der Waals surface area (Å²) in [4.78, 5) is 0. The summed E-state index contributed by atoms with van der Waals surface area (Å²) in [7, 11) is 0. The van der Waals surface area contributed by atoms with Crippen LogP contribution in [0.25, 0.3) is 0 Å². The van der Waals surface area contributed by atoms with Crippen molar-refractivity contribution in [2.24, 2.45) is 17.8 Å². The van der Waals surface area contributed by atoms with Gasteiger partial charge in [-0.1, -0.05) is 0 Å². The molecular formula is C17H20F3NO. The molecule has 4 saturated carbocycles. The third-order valence-corrected chi connectivity index (χ3v) is 5.54. The van der Waals surface area contributed by atoms with Crippen LogP contribution in [-0.4, -0.2) is 11.9 Å². The van der Waals surface area contributed by atoms with Crippen LogP contribution in [0.3, 0.4) is 0 Å². The van der Waals surface area contributed by atoms with Gasteiger partial charge < -0.3 is 10.1 Å². The van der Waals surface area contributed by atoms with Crippen molar-refractivity contribution in [2.75, 3.05) is 5.32 Å². The Hall–Kier alpha value is -1.39. The highest BCUT2D eigenvalue weighted by molar-refractivity contribution is 5.49. The number of ether oxygens (including phenoxy) is 1. The van der Waals surface area contributed by atoms with Gasteiger partial charge in [-0.3, -0.25) is 0 Å². The van der Waals surface area contributed by atoms with E-state index < -0.39 is 6.36 Å². The van der Waals surface area contributed by atoms with E-state index in [0.29, 0.717) is 0 Å². The molecule has 4 fully saturated rings. The van der Waals surface area contributed by atoms with Crippen molar-refractivity contribution in [1.82, 2.24) is 0 Å². The molecule has 0 atom stereocenters. The van der Waals surface area contributed by atoms with Crippen LogP contribution in [-0.2, 0) is 0 Å². The van der Waals surface area contributed by atoms with Crippen LogP contribution in [0, 0.1) is 17.8 Å². The summed E-state index contributed by atoms with van der Waals surface area (Å²) in [6.45, 7) is 0. The molecule has 120 valence electrons. The molecule has 4 aliphatic carbocycles. The molecular weight excluding hydrogens is 291 g/mol. The van der Waals surface area contributed by atoms with E-state index in [-0.39, 0.29) is 11.3 Å². The quantitative estimate of drug-likeness (QED) is 0.851. The highest BCUT2D eigenvalue weighted by atomic mass is 19.4. The summed E-state index contributed by atoms with van der Waals surface area (Å²) in [6, 6.07) is 6.16. The molecule has 0 aromatic heterocycles. The van der Waals surface area contributed by atoms with Crippen molar-refractivity contribution in [1.29, 1.82) is 0 Å². The van der Waals surface area contributed by atoms with Gasteiger partial charge in [-0.15, -0.1) is 13.2 Å². The number of alkyl halides is 3. The zero-order valence-corrected chi connectivity index (χ0v) is 12.3. The van der Waals surface area contributed by atoms with Crippen LogP contribution < -0.4 is 10.1 Å². The monoisotopic (exact) mass is 311 g/mol. The van der Waals surface area contributed by atoms with Crippen molar-refractivity contribution < 1.29 is 17.9 Å². The van der Waals surface area contributed by atoms with Gasteiger partial charge >= 0.3 is 6.36 Å². The van der Waals surface area contributed by atoms with Gasteiger partial charge in [-0.05, 0) is 80.5 Å². The lowest BCUT2D eigenvalue weighted by atomic mass is 9.53. The lowest BCUT2D eigenvalue weighted by Gasteiger charge is -2.57. The number of hydrogen-bond donors (Lipinski definition) is 1. The van der Waals surface area contributed by atoms with E-state index in [0.717, 1.165) is 23.4 Å². The minimum Gasteiger partial charge on any atom is -0.406 e. The fourth-order valence-corrected chi connectivity index (χ4v) is 5.31. The van der Waals surface area contributed by atoms with E-state index in [1.165, 1.54) is 50.7 Å². The van der Waals surface area contributed by atoms with Gasteiger partial charge in [0.25, 0.3) is 0 Å². The zero-order chi connectivity index (χ0) is 15.4. The van der Waals surface area contributed by atoms with Gasteiger partial charge in [0.2, 0.25) is 0 Å². The number of hydrogen-bond acceptors (Lipinski definition) is 2. The first kappa shape index (κ1) is 14.2. The third-order valence-electron chi connectivity index (χ3n) is 5.54. The van der Waals surface area contributed by atoms with Crippen LogP contribution in [0.15, 0.2) is 24.3 Å². The number of anilines is 1. The molecule has 0 saturated heterocycles. The Balaban J connectivity index is 1.47. The smallest absolute Gasteiger partial charge is 0.406 e. The standard InChI is InChI=1S/C17H20F3NO/c18-17(19,20)22-15-3-1-14(2-4-15)21-16-8-11-5-12(9-16)7-13(6-11)10-16/h1-4,11-13,21H,5-10H2. The Morgan fingerprint density at radius 3 is 1.86 bits per heavy atom. The van der Waals surface area contributed by atoms with E-state index in [4.69, 9.17) is 0 Å². The third kappa shape index (κ3) is 2.77. The van der Waals surface area contributed by atoms with Gasteiger partial charge in [0.15, 0.2) is 0 Å². The van der Waals surface area contributed by atoms with Crippen LogP contribution in [0.1, 0.15) is 38.5 Å². The minimum atomic E-state index is -4.63. The maximum atomic E-state index is 12.2. The molecule has 1 N–H and O–H groups in total. The topological polar surface area (TPSA) is 21.3 Å². The Bertz CT molecular complexity index is 517. The van der Waals surface area contributed by atoms with Crippen LogP contribution in [0.4, 0.5) is 18.9 Å². The first-order valence-electron chi connectivity index (χ1n) is 8.03. The molecule has 4 aliphatic rings. The molecule has 0 heterocycles. The number of rotatable bonds is 3. The summed E-state index contributed by atoms with van der Waals surface area (Å²) in [5.41, 5.74) is 1.07. The molecule has 0 radical (unpaired) electrons. The van der Waals surface area contributed by atoms with Crippen LogP contribution in [0.2, 0.25) is 0 Å². The summed E-state index contributed by atoms with van der Waals surface area (Å²) in [6.07, 6.45) is 3.12. The number of nitrogens with one attached hydrogen (secondary N) is 1. The van der Waals surface area contributed by atoms with Crippen molar-refractivity contribution in [2.45, 2.75) is 50.4 Å². The SMILES string of the molecule is FC(F)(F)Oc1ccc(NC23CC4CC(CC(C4)C2)C3)cc1. The van der Waals surface area contributed by atoms with Crippen molar-refractivity contribution in [3.63, 3.8) is 0 Å². The Morgan fingerprint density at radius 2 is 1.41 bits per heavy atom. The second kappa shape index (κ2) is 4.80. The van der Waals surface area contributed by atoms with Gasteiger partial charge in [-0.25, -0.2) is 0 Å². The number of benzene rings is 1. The average molecular weight is 311 g/mol. The van der Waals surface area contributed by atoms with Gasteiger partial charge in [0, 0.05) is 11.2 Å². The largest absolute Gasteiger partial charge is 0.573 e. The lowest BCUT2D eigenvalue weighted by molar-refractivity contribution is -0.274. The molecule has 4 bridgehead atoms. The van der Waals surface area contributed by atoms with Gasteiger partial charge in [-0.2, -0.15) is 0 Å². The molecule has 5 heteroatoms. The molecule has 1 aromatic rings. The summed E-state index contributed by atoms with van der Waals surface area (Å²) in [5.74, 6) is 2.35. The van der Waals surface area contributed by atoms with Crippen LogP contribution >= 0.6 is 0 Å². The average Bonchev–Trinajstić information content (AvgIpc) is 2.37. The summed E-state index contributed by atoms with van der Waals surface area (Å²) < 4.78 is 40.5. The molecule has 2 nitrogen and oxygen atoms in total. The number of halogens is 3. The maximum Gasteiger partial charge on any atom is 0.573 e. The molecule has 0 unspecified atom stereocenters. The fraction of sp³-hybridized carbons (Fsp3) is 0.647. The van der Waals surface area contributed by atoms with Gasteiger partial charge in [0.1, 0.15) is 5.75 Å². The normalized spacial score (nSPS) is 36.4. The molecule has 0 spiro atoms. The Kier molecular flexibility index (Phi) is 3.10. The molecule has 0 amide bonds. The van der Waals surface area contributed by atoms with E-state index in [1.54, 1.807) is 12.1 Å². The highest BCUT2D eigenvalue weighted by Gasteiger charge is 2.50. The van der Waals surface area contributed by atoms with Crippen molar-refractivity contribution in [3.8, 4) is 5.75 Å². The van der Waals surface area contributed by atoms with Crippen molar-refractivity contribution in [3.05, 3.63) is 24.3 Å². The van der Waals surface area contributed by atoms with E-state index in [1.807, 2.05) is 0 Å². The van der Waals surface area contributed by atoms with Crippen LogP contribution in [0.5, 0.6) is 5.75 Å². The van der Waals surface area contributed by atoms with Gasteiger partial charge in [0.05, 0.1) is 0 Å². The fourth-order valence-electron chi connectivity index (χ4n) is 5.31. The predicted molar refractivity (Wildman–Crippen MR) is 77.7 cm³/mol. The molecule has 1 aromatic carbocycles. The Labute approximate surface area is 128 Å². The lowest BCUT2D eigenvalue weighted by Crippen LogP contribution is -2.54. The predicted octanol–water partition coefficient (Wildman–Crippen LogP) is 4.97. The first-order valence-corrected chi connectivity index (χ1v) is 8.03. The Morgan fingerprint density at radius 1 is 0.909 bits per heavy atom. The first-order chi connectivity index (χ1) is 10.4. The second-order valence-electron chi connectivity index (χ2n) is 7.40. The van der Waals surface area contributed by atoms with E-state index in [2.05, 4.69) is 10.1 Å². The van der Waals surface area contributed by atoms with E-state index in [9.17, 15) is 13.2 Å². The second-order valence-corrected chi connectivity index (χ2v) is 7.40. The highest BCUT2D eigenvalue weighted by Crippen LogP contribution is 2.56. The molecule has 22 heavy (non-hydrogen) atoms. The van der Waals surface area contributed by atoms with E-state index >= 15 is 0 Å². The maximum absolute atomic E-state index is 12.2.